The first-order valence-electron chi connectivity index (χ1n) is 6.13. The number of sulfonamides is 1. The fraction of sp³-hybridized carbons (Fsp3) is 0.0714. The molecule has 2 N–H and O–H groups in total. The van der Waals surface area contributed by atoms with Gasteiger partial charge in [0.2, 0.25) is 10.0 Å². The van der Waals surface area contributed by atoms with E-state index in [1.807, 2.05) is 0 Å². The lowest BCUT2D eigenvalue weighted by atomic mass is 10.2. The average Bonchev–Trinajstić information content (AvgIpc) is 2.50. The topological polar surface area (TPSA) is 75.3 Å². The van der Waals surface area contributed by atoms with Crippen LogP contribution in [0.25, 0.3) is 0 Å². The highest BCUT2D eigenvalue weighted by atomic mass is 79.9. The molecule has 0 saturated carbocycles. The van der Waals surface area contributed by atoms with Gasteiger partial charge in [-0.1, -0.05) is 22.0 Å². The third-order valence-corrected chi connectivity index (χ3v) is 4.76. The second-order valence-corrected chi connectivity index (χ2v) is 7.12. The molecule has 0 saturated heterocycles. The van der Waals surface area contributed by atoms with Gasteiger partial charge < -0.3 is 5.32 Å². The fourth-order valence-corrected chi connectivity index (χ4v) is 2.82. The van der Waals surface area contributed by atoms with Gasteiger partial charge in [0.15, 0.2) is 0 Å². The van der Waals surface area contributed by atoms with Gasteiger partial charge in [0.25, 0.3) is 5.91 Å². The summed E-state index contributed by atoms with van der Waals surface area (Å²) in [6.07, 6.45) is 0. The molecule has 0 aliphatic rings. The number of halogens is 2. The molecule has 8 heteroatoms. The van der Waals surface area contributed by atoms with Crippen molar-refractivity contribution < 1.29 is 17.6 Å². The summed E-state index contributed by atoms with van der Waals surface area (Å²) in [6.45, 7) is 0. The van der Waals surface area contributed by atoms with Gasteiger partial charge >= 0.3 is 0 Å². The van der Waals surface area contributed by atoms with Crippen molar-refractivity contribution in [2.24, 2.45) is 0 Å². The summed E-state index contributed by atoms with van der Waals surface area (Å²) in [7, 11) is -2.37. The average molecular weight is 387 g/mol. The molecule has 0 spiro atoms. The molecule has 0 aliphatic carbocycles. The molecular formula is C14H12BrFN2O3S. The number of carbonyl (C=O) groups is 1. The van der Waals surface area contributed by atoms with E-state index >= 15 is 0 Å². The summed E-state index contributed by atoms with van der Waals surface area (Å²) >= 11 is 3.12. The summed E-state index contributed by atoms with van der Waals surface area (Å²) < 4.78 is 39.8. The lowest BCUT2D eigenvalue weighted by molar-refractivity contribution is 0.102. The standard InChI is InChI=1S/C14H12BrFN2O3S/c1-17-22(20,21)11-4-2-3-9(7-11)14(19)18-13-6-5-10(15)8-12(13)16/h2-8,17H,1H3,(H,18,19). The lowest BCUT2D eigenvalue weighted by Gasteiger charge is -2.08. The van der Waals surface area contributed by atoms with Crippen molar-refractivity contribution in [2.45, 2.75) is 4.90 Å². The molecule has 0 fully saturated rings. The maximum atomic E-state index is 13.7. The molecule has 1 amide bonds. The van der Waals surface area contributed by atoms with Crippen LogP contribution in [0.3, 0.4) is 0 Å². The highest BCUT2D eigenvalue weighted by Gasteiger charge is 2.15. The normalized spacial score (nSPS) is 11.2. The van der Waals surface area contributed by atoms with Crippen LogP contribution in [-0.4, -0.2) is 21.4 Å². The van der Waals surface area contributed by atoms with Crippen molar-refractivity contribution in [3.05, 3.63) is 58.3 Å². The van der Waals surface area contributed by atoms with Crippen LogP contribution >= 0.6 is 15.9 Å². The minimum absolute atomic E-state index is 0.00933. The first-order chi connectivity index (χ1) is 10.3. The van der Waals surface area contributed by atoms with E-state index in [0.717, 1.165) is 0 Å². The van der Waals surface area contributed by atoms with Crippen molar-refractivity contribution >= 4 is 37.5 Å². The van der Waals surface area contributed by atoms with E-state index in [4.69, 9.17) is 0 Å². The van der Waals surface area contributed by atoms with Crippen molar-refractivity contribution in [3.63, 3.8) is 0 Å². The van der Waals surface area contributed by atoms with Crippen molar-refractivity contribution in [1.29, 1.82) is 0 Å². The highest BCUT2D eigenvalue weighted by Crippen LogP contribution is 2.20. The molecule has 5 nitrogen and oxygen atoms in total. The predicted octanol–water partition coefficient (Wildman–Crippen LogP) is 2.75. The molecule has 2 rings (SSSR count). The summed E-state index contributed by atoms with van der Waals surface area (Å²) in [6, 6.07) is 9.68. The zero-order chi connectivity index (χ0) is 16.3. The minimum atomic E-state index is -3.65. The third-order valence-electron chi connectivity index (χ3n) is 2.85. The summed E-state index contributed by atoms with van der Waals surface area (Å²) in [5.74, 6) is -1.20. The van der Waals surface area contributed by atoms with Crippen LogP contribution < -0.4 is 10.0 Å². The monoisotopic (exact) mass is 386 g/mol. The highest BCUT2D eigenvalue weighted by molar-refractivity contribution is 9.10. The Morgan fingerprint density at radius 1 is 1.18 bits per heavy atom. The second kappa shape index (κ2) is 6.55. The van der Waals surface area contributed by atoms with E-state index in [0.29, 0.717) is 4.47 Å². The SMILES string of the molecule is CNS(=O)(=O)c1cccc(C(=O)Nc2ccc(Br)cc2F)c1. The quantitative estimate of drug-likeness (QED) is 0.847. The molecule has 0 aromatic heterocycles. The fourth-order valence-electron chi connectivity index (χ4n) is 1.71. The van der Waals surface area contributed by atoms with E-state index in [1.165, 1.54) is 43.4 Å². The van der Waals surface area contributed by atoms with E-state index < -0.39 is 21.7 Å². The van der Waals surface area contributed by atoms with Gasteiger partial charge in [0.05, 0.1) is 10.6 Å². The van der Waals surface area contributed by atoms with Gasteiger partial charge in [0, 0.05) is 10.0 Å². The van der Waals surface area contributed by atoms with Gasteiger partial charge in [0.1, 0.15) is 5.82 Å². The predicted molar refractivity (Wildman–Crippen MR) is 84.7 cm³/mol. The number of amides is 1. The second-order valence-electron chi connectivity index (χ2n) is 4.31. The van der Waals surface area contributed by atoms with E-state index in [2.05, 4.69) is 26.0 Å². The molecule has 0 heterocycles. The number of carbonyl (C=O) groups excluding carboxylic acids is 1. The van der Waals surface area contributed by atoms with Gasteiger partial charge in [-0.05, 0) is 43.4 Å². The maximum absolute atomic E-state index is 13.7. The minimum Gasteiger partial charge on any atom is -0.319 e. The number of benzene rings is 2. The Balaban J connectivity index is 2.29. The van der Waals surface area contributed by atoms with Gasteiger partial charge in [-0.15, -0.1) is 0 Å². The van der Waals surface area contributed by atoms with Gasteiger partial charge in [-0.2, -0.15) is 0 Å². The third kappa shape index (κ3) is 3.70. The number of hydrogen-bond acceptors (Lipinski definition) is 3. The van der Waals surface area contributed by atoms with E-state index in [9.17, 15) is 17.6 Å². The Kier molecular flexibility index (Phi) is 4.94. The Hall–Kier alpha value is -1.77. The maximum Gasteiger partial charge on any atom is 0.255 e. The molecule has 0 bridgehead atoms. The zero-order valence-electron chi connectivity index (χ0n) is 11.4. The van der Waals surface area contributed by atoms with Crippen LogP contribution in [-0.2, 0) is 10.0 Å². The Bertz CT molecular complexity index is 825. The lowest BCUT2D eigenvalue weighted by Crippen LogP contribution is -2.19. The number of rotatable bonds is 4. The van der Waals surface area contributed by atoms with Crippen LogP contribution in [0.5, 0.6) is 0 Å². The number of nitrogens with one attached hydrogen (secondary N) is 2. The number of anilines is 1. The molecule has 2 aromatic rings. The van der Waals surface area contributed by atoms with E-state index in [-0.39, 0.29) is 16.1 Å². The molecule has 0 radical (unpaired) electrons. The summed E-state index contributed by atoms with van der Waals surface area (Å²) in [4.78, 5) is 12.1. The van der Waals surface area contributed by atoms with Gasteiger partial charge in [-0.25, -0.2) is 17.5 Å². The van der Waals surface area contributed by atoms with Gasteiger partial charge in [-0.3, -0.25) is 4.79 Å². The molecule has 22 heavy (non-hydrogen) atoms. The van der Waals surface area contributed by atoms with Crippen LogP contribution in [0, 0.1) is 5.82 Å². The Morgan fingerprint density at radius 3 is 2.55 bits per heavy atom. The van der Waals surface area contributed by atoms with Crippen molar-refractivity contribution in [1.82, 2.24) is 4.72 Å². The first kappa shape index (κ1) is 16.6. The zero-order valence-corrected chi connectivity index (χ0v) is 13.8. The molecule has 2 aromatic carbocycles. The van der Waals surface area contributed by atoms with Crippen LogP contribution in [0.15, 0.2) is 51.8 Å². The molecule has 0 aliphatic heterocycles. The molecule has 116 valence electrons. The molecule has 0 atom stereocenters. The summed E-state index contributed by atoms with van der Waals surface area (Å²) in [5, 5.41) is 2.40. The summed E-state index contributed by atoms with van der Waals surface area (Å²) in [5.41, 5.74) is 0.119. The first-order valence-corrected chi connectivity index (χ1v) is 8.41. The Labute approximate surface area is 135 Å². The molecule has 0 unspecified atom stereocenters. The largest absolute Gasteiger partial charge is 0.319 e. The molecular weight excluding hydrogens is 375 g/mol. The smallest absolute Gasteiger partial charge is 0.255 e. The van der Waals surface area contributed by atoms with Crippen LogP contribution in [0.1, 0.15) is 10.4 Å². The van der Waals surface area contributed by atoms with Crippen LogP contribution in [0.2, 0.25) is 0 Å². The van der Waals surface area contributed by atoms with Crippen LogP contribution in [0.4, 0.5) is 10.1 Å². The number of hydrogen-bond donors (Lipinski definition) is 2. The van der Waals surface area contributed by atoms with Crippen molar-refractivity contribution in [2.75, 3.05) is 12.4 Å². The van der Waals surface area contributed by atoms with Crippen molar-refractivity contribution in [3.8, 4) is 0 Å². The van der Waals surface area contributed by atoms with E-state index in [1.54, 1.807) is 6.07 Å². The Morgan fingerprint density at radius 2 is 1.91 bits per heavy atom.